The molecule has 0 bridgehead atoms. The maximum atomic E-state index is 14.0. The first-order valence-corrected chi connectivity index (χ1v) is 10.6. The number of hydrogen-bond donors (Lipinski definition) is 0. The molecular weight excluding hydrogens is 433 g/mol. The standard InChI is InChI=1S/C23H21F3N6O/c1-4-18-21-14(22(30(3)29-21)13-8-16(24)20(26)17(25)9-13)7-12(2)32(18)23(33)15-10-28-31-6-5-27-11-19(15)31/h5-6,8-12,18H,4,7H2,1-3H3. The Kier molecular flexibility index (Phi) is 4.95. The van der Waals surface area contributed by atoms with Gasteiger partial charge in [0.1, 0.15) is 0 Å². The highest BCUT2D eigenvalue weighted by atomic mass is 19.2. The number of fused-ring (bicyclic) bond motifs is 2. The van der Waals surface area contributed by atoms with Gasteiger partial charge in [0, 0.05) is 36.6 Å². The van der Waals surface area contributed by atoms with Gasteiger partial charge >= 0.3 is 0 Å². The zero-order valence-corrected chi connectivity index (χ0v) is 18.3. The number of aryl methyl sites for hydroxylation is 1. The summed E-state index contributed by atoms with van der Waals surface area (Å²) < 4.78 is 44.6. The summed E-state index contributed by atoms with van der Waals surface area (Å²) >= 11 is 0. The molecule has 2 unspecified atom stereocenters. The number of amides is 1. The van der Waals surface area contributed by atoms with Gasteiger partial charge < -0.3 is 4.90 Å². The van der Waals surface area contributed by atoms with Crippen LogP contribution in [0.3, 0.4) is 0 Å². The van der Waals surface area contributed by atoms with E-state index in [2.05, 4.69) is 15.2 Å². The minimum Gasteiger partial charge on any atom is -0.327 e. The van der Waals surface area contributed by atoms with Crippen molar-refractivity contribution in [1.29, 1.82) is 0 Å². The maximum absolute atomic E-state index is 14.0. The molecule has 1 aliphatic heterocycles. The van der Waals surface area contributed by atoms with Gasteiger partial charge in [-0.1, -0.05) is 6.92 Å². The second-order valence-electron chi connectivity index (χ2n) is 8.24. The van der Waals surface area contributed by atoms with E-state index in [-0.39, 0.29) is 23.6 Å². The average Bonchev–Trinajstić information content (AvgIpc) is 3.36. The smallest absolute Gasteiger partial charge is 0.258 e. The summed E-state index contributed by atoms with van der Waals surface area (Å²) in [6.45, 7) is 3.88. The van der Waals surface area contributed by atoms with Crippen LogP contribution in [0.1, 0.15) is 47.9 Å². The van der Waals surface area contributed by atoms with Gasteiger partial charge in [0.05, 0.1) is 40.9 Å². The van der Waals surface area contributed by atoms with Crippen molar-refractivity contribution in [3.63, 3.8) is 0 Å². The van der Waals surface area contributed by atoms with E-state index in [0.717, 1.165) is 17.7 Å². The molecular formula is C23H21F3N6O. The SMILES string of the molecule is CCC1c2nn(C)c(-c3cc(F)c(F)c(F)c3)c2CC(C)N1C(=O)c1cnn2ccncc12. The highest BCUT2D eigenvalue weighted by Gasteiger charge is 2.39. The average molecular weight is 454 g/mol. The number of halogens is 3. The van der Waals surface area contributed by atoms with Crippen LogP contribution in [0, 0.1) is 17.5 Å². The van der Waals surface area contributed by atoms with Crippen molar-refractivity contribution in [2.24, 2.45) is 7.05 Å². The third kappa shape index (κ3) is 3.20. The largest absolute Gasteiger partial charge is 0.327 e. The molecule has 4 aromatic rings. The van der Waals surface area contributed by atoms with Crippen molar-refractivity contribution in [2.75, 3.05) is 0 Å². The topological polar surface area (TPSA) is 68.3 Å². The lowest BCUT2D eigenvalue weighted by atomic mass is 9.89. The fraction of sp³-hybridized carbons (Fsp3) is 0.304. The molecule has 7 nitrogen and oxygen atoms in total. The zero-order chi connectivity index (χ0) is 23.4. The minimum absolute atomic E-state index is 0.186. The Morgan fingerprint density at radius 2 is 1.91 bits per heavy atom. The van der Waals surface area contributed by atoms with Crippen LogP contribution in [0.25, 0.3) is 16.8 Å². The number of carbonyl (C=O) groups excluding carboxylic acids is 1. The van der Waals surface area contributed by atoms with Gasteiger partial charge in [0.15, 0.2) is 17.5 Å². The summed E-state index contributed by atoms with van der Waals surface area (Å²) in [5.41, 5.74) is 3.23. The van der Waals surface area contributed by atoms with E-state index in [0.29, 0.717) is 35.3 Å². The molecule has 33 heavy (non-hydrogen) atoms. The lowest BCUT2D eigenvalue weighted by molar-refractivity contribution is 0.0546. The third-order valence-electron chi connectivity index (χ3n) is 6.24. The molecule has 1 aliphatic rings. The van der Waals surface area contributed by atoms with Crippen molar-refractivity contribution in [3.8, 4) is 11.3 Å². The van der Waals surface area contributed by atoms with Gasteiger partial charge in [-0.15, -0.1) is 0 Å². The fourth-order valence-electron chi connectivity index (χ4n) is 4.81. The second-order valence-corrected chi connectivity index (χ2v) is 8.24. The highest BCUT2D eigenvalue weighted by molar-refractivity contribution is 6.01. The molecule has 0 N–H and O–H groups in total. The van der Waals surface area contributed by atoms with Crippen LogP contribution in [0.5, 0.6) is 0 Å². The van der Waals surface area contributed by atoms with Crippen molar-refractivity contribution < 1.29 is 18.0 Å². The van der Waals surface area contributed by atoms with E-state index in [1.54, 1.807) is 39.7 Å². The Morgan fingerprint density at radius 3 is 2.61 bits per heavy atom. The fourth-order valence-corrected chi connectivity index (χ4v) is 4.81. The van der Waals surface area contributed by atoms with Crippen molar-refractivity contribution in [1.82, 2.24) is 29.3 Å². The van der Waals surface area contributed by atoms with Crippen LogP contribution in [0.15, 0.2) is 36.9 Å². The van der Waals surface area contributed by atoms with Crippen molar-refractivity contribution in [2.45, 2.75) is 38.8 Å². The van der Waals surface area contributed by atoms with Crippen LogP contribution >= 0.6 is 0 Å². The first kappa shape index (κ1) is 21.2. The molecule has 2 atom stereocenters. The molecule has 3 aromatic heterocycles. The van der Waals surface area contributed by atoms with E-state index in [4.69, 9.17) is 0 Å². The quantitative estimate of drug-likeness (QED) is 0.438. The molecule has 0 spiro atoms. The number of carbonyl (C=O) groups is 1. The Morgan fingerprint density at radius 1 is 1.18 bits per heavy atom. The number of hydrogen-bond acceptors (Lipinski definition) is 4. The van der Waals surface area contributed by atoms with Crippen LogP contribution < -0.4 is 0 Å². The van der Waals surface area contributed by atoms with Gasteiger partial charge in [-0.25, -0.2) is 17.7 Å². The monoisotopic (exact) mass is 454 g/mol. The van der Waals surface area contributed by atoms with E-state index >= 15 is 0 Å². The lowest BCUT2D eigenvalue weighted by Crippen LogP contribution is -2.45. The van der Waals surface area contributed by atoms with Gasteiger partial charge in [-0.2, -0.15) is 10.2 Å². The highest BCUT2D eigenvalue weighted by Crippen LogP contribution is 2.40. The normalized spacial score (nSPS) is 18.1. The van der Waals surface area contributed by atoms with Gasteiger partial charge in [0.2, 0.25) is 0 Å². The minimum atomic E-state index is -1.51. The summed E-state index contributed by atoms with van der Waals surface area (Å²) in [6.07, 6.45) is 7.41. The summed E-state index contributed by atoms with van der Waals surface area (Å²) in [6, 6.07) is 1.38. The Balaban J connectivity index is 1.60. The Bertz CT molecular complexity index is 1370. The maximum Gasteiger partial charge on any atom is 0.258 e. The number of aromatic nitrogens is 5. The lowest BCUT2D eigenvalue weighted by Gasteiger charge is -2.39. The first-order valence-electron chi connectivity index (χ1n) is 10.6. The summed E-state index contributed by atoms with van der Waals surface area (Å²) in [5, 5.41) is 8.87. The van der Waals surface area contributed by atoms with Crippen LogP contribution in [0.4, 0.5) is 13.2 Å². The van der Waals surface area contributed by atoms with Gasteiger partial charge in [0.25, 0.3) is 5.91 Å². The van der Waals surface area contributed by atoms with E-state index in [9.17, 15) is 18.0 Å². The molecule has 0 fully saturated rings. The molecule has 0 aliphatic carbocycles. The first-order chi connectivity index (χ1) is 15.8. The van der Waals surface area contributed by atoms with E-state index in [1.165, 1.54) is 6.20 Å². The third-order valence-corrected chi connectivity index (χ3v) is 6.24. The Hall–Kier alpha value is -3.69. The van der Waals surface area contributed by atoms with Gasteiger partial charge in [-0.05, 0) is 31.9 Å². The van der Waals surface area contributed by atoms with Crippen molar-refractivity contribution >= 4 is 11.4 Å². The van der Waals surface area contributed by atoms with Crippen molar-refractivity contribution in [3.05, 3.63) is 71.2 Å². The second kappa shape index (κ2) is 7.72. The summed E-state index contributed by atoms with van der Waals surface area (Å²) in [5.74, 6) is -4.20. The van der Waals surface area contributed by atoms with Crippen LogP contribution in [-0.4, -0.2) is 41.2 Å². The predicted octanol–water partition coefficient (Wildman–Crippen LogP) is 4.09. The molecule has 0 saturated heterocycles. The molecule has 0 saturated carbocycles. The molecule has 170 valence electrons. The Labute approximate surface area is 187 Å². The van der Waals surface area contributed by atoms with E-state index in [1.807, 2.05) is 13.8 Å². The summed E-state index contributed by atoms with van der Waals surface area (Å²) in [4.78, 5) is 19.5. The predicted molar refractivity (Wildman–Crippen MR) is 114 cm³/mol. The number of rotatable bonds is 3. The molecule has 5 rings (SSSR count). The van der Waals surface area contributed by atoms with Crippen LogP contribution in [0.2, 0.25) is 0 Å². The van der Waals surface area contributed by atoms with Gasteiger partial charge in [-0.3, -0.25) is 14.5 Å². The molecule has 1 amide bonds. The number of benzene rings is 1. The van der Waals surface area contributed by atoms with E-state index < -0.39 is 17.5 Å². The van der Waals surface area contributed by atoms with Crippen LogP contribution in [-0.2, 0) is 13.5 Å². The summed E-state index contributed by atoms with van der Waals surface area (Å²) in [7, 11) is 1.67. The molecule has 1 aromatic carbocycles. The number of nitrogens with zero attached hydrogens (tertiary/aromatic N) is 6. The molecule has 4 heterocycles. The molecule has 0 radical (unpaired) electrons. The molecule has 10 heteroatoms. The zero-order valence-electron chi connectivity index (χ0n) is 18.3.